The van der Waals surface area contributed by atoms with Crippen molar-refractivity contribution in [1.29, 1.82) is 0 Å². The van der Waals surface area contributed by atoms with E-state index in [9.17, 15) is 14.0 Å². The van der Waals surface area contributed by atoms with Gasteiger partial charge in [0.1, 0.15) is 5.82 Å². The number of benzene rings is 1. The van der Waals surface area contributed by atoms with Crippen LogP contribution >= 0.6 is 0 Å². The highest BCUT2D eigenvalue weighted by Crippen LogP contribution is 2.26. The standard InChI is InChI=1S/C22H26FN3O2/c1-4-5-13(2)25-21(27)15-6-9-20(24-12-15)18-10-16(11-19(23)14(18)3)22(28)26-17-7-8-17/h6,9-13,17H,4-5,7-8H2,1-3H3,(H,25,27)(H,26,28). The first-order valence-corrected chi connectivity index (χ1v) is 9.77. The molecule has 5 nitrogen and oxygen atoms in total. The number of nitrogens with zero attached hydrogens (tertiary/aromatic N) is 1. The second kappa shape index (κ2) is 8.50. The van der Waals surface area contributed by atoms with Crippen LogP contribution in [-0.2, 0) is 0 Å². The number of nitrogens with one attached hydrogen (secondary N) is 2. The summed E-state index contributed by atoms with van der Waals surface area (Å²) in [6, 6.07) is 6.56. The third-order valence-electron chi connectivity index (χ3n) is 4.92. The van der Waals surface area contributed by atoms with Gasteiger partial charge in [-0.25, -0.2) is 4.39 Å². The van der Waals surface area contributed by atoms with Gasteiger partial charge in [0.05, 0.1) is 11.3 Å². The van der Waals surface area contributed by atoms with Crippen molar-refractivity contribution in [2.45, 2.75) is 58.5 Å². The summed E-state index contributed by atoms with van der Waals surface area (Å²) in [5.41, 5.74) is 2.22. The summed E-state index contributed by atoms with van der Waals surface area (Å²) < 4.78 is 14.4. The van der Waals surface area contributed by atoms with Gasteiger partial charge in [0.15, 0.2) is 0 Å². The van der Waals surface area contributed by atoms with E-state index < -0.39 is 5.82 Å². The van der Waals surface area contributed by atoms with E-state index in [0.717, 1.165) is 25.7 Å². The predicted molar refractivity (Wildman–Crippen MR) is 107 cm³/mol. The normalized spacial score (nSPS) is 14.4. The SMILES string of the molecule is CCCC(C)NC(=O)c1ccc(-c2cc(C(=O)NC3CC3)cc(F)c2C)nc1. The van der Waals surface area contributed by atoms with Crippen LogP contribution in [0.4, 0.5) is 4.39 Å². The van der Waals surface area contributed by atoms with Crippen LogP contribution in [0, 0.1) is 12.7 Å². The summed E-state index contributed by atoms with van der Waals surface area (Å²) in [6.45, 7) is 5.69. The van der Waals surface area contributed by atoms with Crippen LogP contribution in [0.2, 0.25) is 0 Å². The van der Waals surface area contributed by atoms with E-state index >= 15 is 0 Å². The van der Waals surface area contributed by atoms with E-state index in [0.29, 0.717) is 22.4 Å². The molecule has 1 heterocycles. The highest BCUT2D eigenvalue weighted by molar-refractivity contribution is 5.96. The summed E-state index contributed by atoms with van der Waals surface area (Å²) in [7, 11) is 0. The first-order valence-electron chi connectivity index (χ1n) is 9.77. The molecule has 0 saturated heterocycles. The molecule has 1 aromatic heterocycles. The van der Waals surface area contributed by atoms with Crippen LogP contribution in [-0.4, -0.2) is 28.9 Å². The number of rotatable bonds is 7. The Morgan fingerprint density at radius 1 is 1.21 bits per heavy atom. The van der Waals surface area contributed by atoms with Gasteiger partial charge in [0, 0.05) is 29.4 Å². The lowest BCUT2D eigenvalue weighted by Crippen LogP contribution is -2.32. The molecular formula is C22H26FN3O2. The smallest absolute Gasteiger partial charge is 0.253 e. The monoisotopic (exact) mass is 383 g/mol. The number of carbonyl (C=O) groups excluding carboxylic acids is 2. The minimum Gasteiger partial charge on any atom is -0.350 e. The van der Waals surface area contributed by atoms with Crippen molar-refractivity contribution in [1.82, 2.24) is 15.6 Å². The van der Waals surface area contributed by atoms with Crippen LogP contribution in [0.25, 0.3) is 11.3 Å². The molecule has 2 aromatic rings. The van der Waals surface area contributed by atoms with Crippen LogP contribution in [0.5, 0.6) is 0 Å². The van der Waals surface area contributed by atoms with Crippen LogP contribution < -0.4 is 10.6 Å². The summed E-state index contributed by atoms with van der Waals surface area (Å²) in [5, 5.41) is 5.80. The van der Waals surface area contributed by atoms with Crippen molar-refractivity contribution in [3.8, 4) is 11.3 Å². The minimum absolute atomic E-state index is 0.0928. The zero-order chi connectivity index (χ0) is 20.3. The Morgan fingerprint density at radius 3 is 2.57 bits per heavy atom. The van der Waals surface area contributed by atoms with Crippen LogP contribution in [0.1, 0.15) is 65.8 Å². The summed E-state index contributed by atoms with van der Waals surface area (Å²) in [6.07, 6.45) is 5.32. The largest absolute Gasteiger partial charge is 0.350 e. The highest BCUT2D eigenvalue weighted by Gasteiger charge is 2.24. The maximum Gasteiger partial charge on any atom is 0.253 e. The third kappa shape index (κ3) is 4.74. The molecule has 1 saturated carbocycles. The Morgan fingerprint density at radius 2 is 1.96 bits per heavy atom. The topological polar surface area (TPSA) is 71.1 Å². The second-order valence-electron chi connectivity index (χ2n) is 7.47. The number of amides is 2. The number of hydrogen-bond acceptors (Lipinski definition) is 3. The molecule has 1 aliphatic rings. The van der Waals surface area contributed by atoms with E-state index in [2.05, 4.69) is 22.5 Å². The Hall–Kier alpha value is -2.76. The zero-order valence-corrected chi connectivity index (χ0v) is 16.5. The molecule has 0 radical (unpaired) electrons. The van der Waals surface area contributed by atoms with Gasteiger partial charge in [-0.05, 0) is 62.9 Å². The number of halogens is 1. The molecule has 0 spiro atoms. The van der Waals surface area contributed by atoms with Gasteiger partial charge < -0.3 is 10.6 Å². The number of hydrogen-bond donors (Lipinski definition) is 2. The molecule has 2 amide bonds. The van der Waals surface area contributed by atoms with Crippen molar-refractivity contribution < 1.29 is 14.0 Å². The fraction of sp³-hybridized carbons (Fsp3) is 0.409. The van der Waals surface area contributed by atoms with E-state index in [4.69, 9.17) is 0 Å². The van der Waals surface area contributed by atoms with Gasteiger partial charge in [-0.1, -0.05) is 13.3 Å². The molecule has 1 atom stereocenters. The maximum absolute atomic E-state index is 14.4. The van der Waals surface area contributed by atoms with E-state index in [1.165, 1.54) is 12.3 Å². The van der Waals surface area contributed by atoms with E-state index in [1.807, 2.05) is 6.92 Å². The average molecular weight is 383 g/mol. The van der Waals surface area contributed by atoms with E-state index in [1.54, 1.807) is 25.1 Å². The van der Waals surface area contributed by atoms with Crippen molar-refractivity contribution in [3.63, 3.8) is 0 Å². The van der Waals surface area contributed by atoms with Gasteiger partial charge >= 0.3 is 0 Å². The summed E-state index contributed by atoms with van der Waals surface area (Å²) >= 11 is 0. The number of aromatic nitrogens is 1. The molecule has 0 bridgehead atoms. The number of carbonyl (C=O) groups is 2. The lowest BCUT2D eigenvalue weighted by molar-refractivity contribution is 0.0934. The van der Waals surface area contributed by atoms with Crippen molar-refractivity contribution in [2.24, 2.45) is 0 Å². The minimum atomic E-state index is -0.449. The molecule has 148 valence electrons. The van der Waals surface area contributed by atoms with Gasteiger partial charge in [0.2, 0.25) is 0 Å². The third-order valence-corrected chi connectivity index (χ3v) is 4.92. The molecule has 1 fully saturated rings. The molecule has 1 aliphatic carbocycles. The lowest BCUT2D eigenvalue weighted by atomic mass is 10.00. The fourth-order valence-corrected chi connectivity index (χ4v) is 3.07. The molecule has 3 rings (SSSR count). The van der Waals surface area contributed by atoms with Crippen LogP contribution in [0.3, 0.4) is 0 Å². The van der Waals surface area contributed by atoms with Gasteiger partial charge in [-0.15, -0.1) is 0 Å². The fourth-order valence-electron chi connectivity index (χ4n) is 3.07. The maximum atomic E-state index is 14.4. The van der Waals surface area contributed by atoms with Gasteiger partial charge in [-0.2, -0.15) is 0 Å². The van der Waals surface area contributed by atoms with Crippen LogP contribution in [0.15, 0.2) is 30.5 Å². The summed E-state index contributed by atoms with van der Waals surface area (Å²) in [5.74, 6) is -0.903. The van der Waals surface area contributed by atoms with E-state index in [-0.39, 0.29) is 29.5 Å². The molecule has 1 aromatic carbocycles. The predicted octanol–water partition coefficient (Wildman–Crippen LogP) is 4.01. The molecule has 1 unspecified atom stereocenters. The molecule has 6 heteroatoms. The van der Waals surface area contributed by atoms with Crippen molar-refractivity contribution in [2.75, 3.05) is 0 Å². The van der Waals surface area contributed by atoms with Gasteiger partial charge in [0.25, 0.3) is 11.8 Å². The average Bonchev–Trinajstić information content (AvgIpc) is 3.48. The molecule has 28 heavy (non-hydrogen) atoms. The highest BCUT2D eigenvalue weighted by atomic mass is 19.1. The zero-order valence-electron chi connectivity index (χ0n) is 16.5. The lowest BCUT2D eigenvalue weighted by Gasteiger charge is -2.13. The van der Waals surface area contributed by atoms with Crippen molar-refractivity contribution >= 4 is 11.8 Å². The van der Waals surface area contributed by atoms with Crippen molar-refractivity contribution in [3.05, 3.63) is 53.0 Å². The molecule has 2 N–H and O–H groups in total. The Labute approximate surface area is 164 Å². The molecular weight excluding hydrogens is 357 g/mol. The Balaban J connectivity index is 1.81. The number of pyridine rings is 1. The Bertz CT molecular complexity index is 876. The molecule has 0 aliphatic heterocycles. The quantitative estimate of drug-likeness (QED) is 0.759. The first kappa shape index (κ1) is 20.0. The van der Waals surface area contributed by atoms with Gasteiger partial charge in [-0.3, -0.25) is 14.6 Å². The summed E-state index contributed by atoms with van der Waals surface area (Å²) in [4.78, 5) is 28.9. The Kier molecular flexibility index (Phi) is 6.07. The first-order chi connectivity index (χ1) is 13.4. The second-order valence-corrected chi connectivity index (χ2v) is 7.47.